The van der Waals surface area contributed by atoms with Crippen LogP contribution in [0.15, 0.2) is 45.7 Å². The smallest absolute Gasteiger partial charge is 0.282 e. The average Bonchev–Trinajstić information content (AvgIpc) is 3.34. The fourth-order valence-electron chi connectivity index (χ4n) is 3.27. The number of hydrogen-bond acceptors (Lipinski definition) is 4. The molecule has 1 amide bonds. The maximum atomic E-state index is 12.6. The van der Waals surface area contributed by atoms with Crippen LogP contribution in [0.3, 0.4) is 0 Å². The second-order valence-electron chi connectivity index (χ2n) is 7.38. The van der Waals surface area contributed by atoms with Crippen molar-refractivity contribution in [2.24, 2.45) is 0 Å². The summed E-state index contributed by atoms with van der Waals surface area (Å²) in [5.41, 5.74) is 0.582. The van der Waals surface area contributed by atoms with Crippen molar-refractivity contribution < 1.29 is 22.5 Å². The summed E-state index contributed by atoms with van der Waals surface area (Å²) in [6.07, 6.45) is 1.80. The number of amides is 1. The first kappa shape index (κ1) is 20.6. The molecule has 0 aliphatic carbocycles. The molecule has 7 nitrogen and oxygen atoms in total. The Kier molecular flexibility index (Phi) is 6.22. The number of likely N-dealkylation sites (N-methyl/N-ethyl adjacent to an activating group) is 1. The van der Waals surface area contributed by atoms with E-state index < -0.39 is 10.0 Å². The van der Waals surface area contributed by atoms with E-state index in [0.717, 1.165) is 29.3 Å². The van der Waals surface area contributed by atoms with Crippen molar-refractivity contribution in [3.63, 3.8) is 0 Å². The van der Waals surface area contributed by atoms with Gasteiger partial charge in [0.1, 0.15) is 12.3 Å². The van der Waals surface area contributed by atoms with E-state index in [4.69, 9.17) is 4.42 Å². The molecule has 1 aromatic carbocycles. The topological polar surface area (TPSA) is 84.1 Å². The van der Waals surface area contributed by atoms with Gasteiger partial charge in [0.25, 0.3) is 5.91 Å². The highest BCUT2D eigenvalue weighted by atomic mass is 32.2. The minimum absolute atomic E-state index is 0.129. The molecule has 0 radical (unpaired) electrons. The average molecular weight is 407 g/mol. The van der Waals surface area contributed by atoms with Gasteiger partial charge >= 0.3 is 0 Å². The third-order valence-electron chi connectivity index (χ3n) is 5.21. The molecule has 2 atom stereocenters. The van der Waals surface area contributed by atoms with Crippen LogP contribution in [0.1, 0.15) is 31.3 Å². The third-order valence-corrected chi connectivity index (χ3v) is 7.12. The molecule has 28 heavy (non-hydrogen) atoms. The fraction of sp³-hybridized carbons (Fsp3) is 0.450. The van der Waals surface area contributed by atoms with Crippen molar-refractivity contribution >= 4 is 21.6 Å². The first-order valence-electron chi connectivity index (χ1n) is 9.56. The molecule has 2 heterocycles. The lowest BCUT2D eigenvalue weighted by atomic mass is 10.2. The molecule has 1 saturated heterocycles. The van der Waals surface area contributed by atoms with Gasteiger partial charge in [0.15, 0.2) is 11.8 Å². The number of nitrogens with one attached hydrogen (secondary N) is 2. The minimum Gasteiger partial charge on any atom is -0.460 e. The first-order valence-corrected chi connectivity index (χ1v) is 11.0. The van der Waals surface area contributed by atoms with E-state index in [1.165, 1.54) is 4.31 Å². The van der Waals surface area contributed by atoms with E-state index in [2.05, 4.69) is 5.32 Å². The summed E-state index contributed by atoms with van der Waals surface area (Å²) in [7, 11) is -1.50. The van der Waals surface area contributed by atoms with Gasteiger partial charge in [0.05, 0.1) is 11.9 Å². The highest BCUT2D eigenvalue weighted by Crippen LogP contribution is 2.22. The monoisotopic (exact) mass is 406 g/mol. The molecule has 1 unspecified atom stereocenters. The number of carbonyl (C=O) groups excluding carboxylic acids is 1. The molecule has 1 fully saturated rings. The van der Waals surface area contributed by atoms with Crippen LogP contribution in [0.5, 0.6) is 0 Å². The van der Waals surface area contributed by atoms with Crippen LogP contribution in [0.2, 0.25) is 0 Å². The van der Waals surface area contributed by atoms with E-state index in [9.17, 15) is 13.2 Å². The van der Waals surface area contributed by atoms with Crippen molar-refractivity contribution in [3.05, 3.63) is 47.9 Å². The SMILES string of the molecule is Cc1ccc(C[NH+](C)[C@H](C)C(=O)Nc2ccc(S(=O)(=O)N3CCCC3)cc2)o1. The number of benzene rings is 1. The number of furan rings is 1. The summed E-state index contributed by atoms with van der Waals surface area (Å²) in [6.45, 7) is 5.50. The van der Waals surface area contributed by atoms with Crippen LogP contribution < -0.4 is 10.2 Å². The third kappa shape index (κ3) is 4.63. The molecule has 2 aromatic rings. The van der Waals surface area contributed by atoms with E-state index in [0.29, 0.717) is 25.3 Å². The van der Waals surface area contributed by atoms with E-state index in [1.807, 2.05) is 33.0 Å². The number of carbonyl (C=O) groups is 1. The van der Waals surface area contributed by atoms with Crippen LogP contribution in [0.4, 0.5) is 5.69 Å². The molecule has 152 valence electrons. The lowest BCUT2D eigenvalue weighted by Gasteiger charge is -2.20. The van der Waals surface area contributed by atoms with Gasteiger partial charge < -0.3 is 14.6 Å². The standard InChI is InChI=1S/C20H27N3O4S/c1-15-6-9-18(27-15)14-22(3)16(2)20(24)21-17-7-10-19(11-8-17)28(25,26)23-12-4-5-13-23/h6-11,16H,4-5,12-14H2,1-3H3,(H,21,24)/p+1/t16-/m1/s1. The number of anilines is 1. The van der Waals surface area contributed by atoms with Crippen molar-refractivity contribution in [2.75, 3.05) is 25.5 Å². The lowest BCUT2D eigenvalue weighted by molar-refractivity contribution is -0.908. The van der Waals surface area contributed by atoms with Gasteiger partial charge in [-0.05, 0) is 63.1 Å². The number of nitrogens with zero attached hydrogens (tertiary/aromatic N) is 1. The molecule has 0 saturated carbocycles. The molecule has 1 aliphatic heterocycles. The molecule has 0 spiro atoms. The maximum absolute atomic E-state index is 12.6. The highest BCUT2D eigenvalue weighted by molar-refractivity contribution is 7.89. The van der Waals surface area contributed by atoms with Crippen molar-refractivity contribution in [2.45, 2.75) is 44.2 Å². The van der Waals surface area contributed by atoms with Crippen LogP contribution in [-0.2, 0) is 21.4 Å². The summed E-state index contributed by atoms with van der Waals surface area (Å²) in [5, 5.41) is 2.86. The van der Waals surface area contributed by atoms with Crippen LogP contribution in [-0.4, -0.2) is 44.8 Å². The molecule has 8 heteroatoms. The van der Waals surface area contributed by atoms with Crippen LogP contribution in [0, 0.1) is 6.92 Å². The Morgan fingerprint density at radius 2 is 1.82 bits per heavy atom. The first-order chi connectivity index (χ1) is 13.3. The number of hydrogen-bond donors (Lipinski definition) is 2. The quantitative estimate of drug-likeness (QED) is 0.728. The number of aryl methyl sites for hydroxylation is 1. The minimum atomic E-state index is -3.44. The van der Waals surface area contributed by atoms with Gasteiger partial charge in [-0.15, -0.1) is 0 Å². The van der Waals surface area contributed by atoms with Gasteiger partial charge in [-0.3, -0.25) is 4.79 Å². The van der Waals surface area contributed by atoms with E-state index in [-0.39, 0.29) is 16.8 Å². The predicted molar refractivity (Wildman–Crippen MR) is 107 cm³/mol. The van der Waals surface area contributed by atoms with Gasteiger partial charge in [-0.1, -0.05) is 0 Å². The predicted octanol–water partition coefficient (Wildman–Crippen LogP) is 1.41. The Hall–Kier alpha value is -2.16. The molecule has 1 aliphatic rings. The second kappa shape index (κ2) is 8.46. The Bertz CT molecular complexity index is 915. The Labute approximate surface area is 166 Å². The fourth-order valence-corrected chi connectivity index (χ4v) is 4.79. The van der Waals surface area contributed by atoms with Crippen molar-refractivity contribution in [1.29, 1.82) is 0 Å². The lowest BCUT2D eigenvalue weighted by Crippen LogP contribution is -3.12. The highest BCUT2D eigenvalue weighted by Gasteiger charge is 2.27. The Morgan fingerprint density at radius 3 is 2.39 bits per heavy atom. The molecule has 2 N–H and O–H groups in total. The number of quaternary nitrogens is 1. The van der Waals surface area contributed by atoms with Crippen LogP contribution >= 0.6 is 0 Å². The summed E-state index contributed by atoms with van der Waals surface area (Å²) in [4.78, 5) is 13.8. The molecule has 1 aromatic heterocycles. The van der Waals surface area contributed by atoms with Crippen molar-refractivity contribution in [1.82, 2.24) is 4.31 Å². The van der Waals surface area contributed by atoms with E-state index in [1.54, 1.807) is 24.3 Å². The second-order valence-corrected chi connectivity index (χ2v) is 9.32. The normalized spacial score (nSPS) is 17.4. The number of rotatable bonds is 7. The van der Waals surface area contributed by atoms with Crippen molar-refractivity contribution in [3.8, 4) is 0 Å². The van der Waals surface area contributed by atoms with E-state index >= 15 is 0 Å². The zero-order valence-corrected chi connectivity index (χ0v) is 17.4. The molecule has 0 bridgehead atoms. The molecular formula is C20H28N3O4S+. The van der Waals surface area contributed by atoms with Crippen LogP contribution in [0.25, 0.3) is 0 Å². The van der Waals surface area contributed by atoms with Gasteiger partial charge in [0, 0.05) is 18.8 Å². The largest absolute Gasteiger partial charge is 0.460 e. The summed E-state index contributed by atoms with van der Waals surface area (Å²) in [5.74, 6) is 1.56. The summed E-state index contributed by atoms with van der Waals surface area (Å²) < 4.78 is 32.2. The van der Waals surface area contributed by atoms with Gasteiger partial charge in [-0.2, -0.15) is 4.31 Å². The zero-order chi connectivity index (χ0) is 20.3. The van der Waals surface area contributed by atoms with Gasteiger partial charge in [-0.25, -0.2) is 8.42 Å². The molecule has 3 rings (SSSR count). The summed E-state index contributed by atoms with van der Waals surface area (Å²) >= 11 is 0. The number of sulfonamides is 1. The maximum Gasteiger partial charge on any atom is 0.282 e. The summed E-state index contributed by atoms with van der Waals surface area (Å²) in [6, 6.07) is 9.91. The van der Waals surface area contributed by atoms with Gasteiger partial charge in [0.2, 0.25) is 10.0 Å². The zero-order valence-electron chi connectivity index (χ0n) is 16.6. The Balaban J connectivity index is 1.60. The molecular weight excluding hydrogens is 378 g/mol. The Morgan fingerprint density at radius 1 is 1.18 bits per heavy atom.